The van der Waals surface area contributed by atoms with Crippen LogP contribution in [0.2, 0.25) is 0 Å². The van der Waals surface area contributed by atoms with Crippen LogP contribution in [0.4, 0.5) is 11.4 Å². The highest BCUT2D eigenvalue weighted by Gasteiger charge is 2.13. The van der Waals surface area contributed by atoms with Crippen LogP contribution >= 0.6 is 0 Å². The minimum absolute atomic E-state index is 0.0135. The Bertz CT molecular complexity index is 662. The number of anilines is 1. The van der Waals surface area contributed by atoms with Crippen LogP contribution in [-0.4, -0.2) is 10.9 Å². The molecule has 1 aromatic carbocycles. The van der Waals surface area contributed by atoms with Crippen LogP contribution in [0.5, 0.6) is 0 Å². The first-order chi connectivity index (χ1) is 9.24. The number of hydrogen-bond donors (Lipinski definition) is 1. The van der Waals surface area contributed by atoms with Crippen LogP contribution in [0.25, 0.3) is 0 Å². The van der Waals surface area contributed by atoms with Gasteiger partial charge in [-0.2, -0.15) is 5.26 Å². The molecule has 19 heavy (non-hydrogen) atoms. The molecule has 1 amide bonds. The highest BCUT2D eigenvalue weighted by atomic mass is 16.3. The van der Waals surface area contributed by atoms with E-state index in [9.17, 15) is 9.70 Å². The number of carbonyl (C=O) groups excluding carboxylic acids is 1. The SMILES string of the molecule is N#Cc1ccc(N=O)c(C(=O)Nc2cccnc2)c1. The number of amides is 1. The Morgan fingerprint density at radius 1 is 1.37 bits per heavy atom. The lowest BCUT2D eigenvalue weighted by Gasteiger charge is -2.06. The molecule has 0 aliphatic carbocycles. The van der Waals surface area contributed by atoms with E-state index in [-0.39, 0.29) is 16.8 Å². The van der Waals surface area contributed by atoms with Gasteiger partial charge < -0.3 is 5.32 Å². The van der Waals surface area contributed by atoms with Crippen molar-refractivity contribution in [3.05, 3.63) is 58.8 Å². The third kappa shape index (κ3) is 2.79. The highest BCUT2D eigenvalue weighted by Crippen LogP contribution is 2.21. The van der Waals surface area contributed by atoms with Gasteiger partial charge in [0.15, 0.2) is 0 Å². The van der Waals surface area contributed by atoms with E-state index in [2.05, 4.69) is 15.5 Å². The van der Waals surface area contributed by atoms with Crippen molar-refractivity contribution in [2.24, 2.45) is 5.18 Å². The molecule has 0 aliphatic heterocycles. The zero-order chi connectivity index (χ0) is 13.7. The van der Waals surface area contributed by atoms with Crippen LogP contribution in [-0.2, 0) is 0 Å². The quantitative estimate of drug-likeness (QED) is 0.849. The van der Waals surface area contributed by atoms with Gasteiger partial charge in [-0.25, -0.2) is 0 Å². The molecule has 0 fully saturated rings. The predicted molar refractivity (Wildman–Crippen MR) is 68.8 cm³/mol. The largest absolute Gasteiger partial charge is 0.321 e. The van der Waals surface area contributed by atoms with Crippen LogP contribution in [0.15, 0.2) is 47.9 Å². The Balaban J connectivity index is 2.33. The van der Waals surface area contributed by atoms with Gasteiger partial charge in [-0.3, -0.25) is 9.78 Å². The lowest BCUT2D eigenvalue weighted by Crippen LogP contribution is -2.12. The maximum atomic E-state index is 12.0. The lowest BCUT2D eigenvalue weighted by molar-refractivity contribution is 0.102. The summed E-state index contributed by atoms with van der Waals surface area (Å²) in [6.07, 6.45) is 3.05. The van der Waals surface area contributed by atoms with Gasteiger partial charge in [-0.05, 0) is 35.5 Å². The third-order valence-electron chi connectivity index (χ3n) is 2.39. The molecule has 6 heteroatoms. The van der Waals surface area contributed by atoms with Crippen LogP contribution < -0.4 is 5.32 Å². The first-order valence-corrected chi connectivity index (χ1v) is 5.33. The van der Waals surface area contributed by atoms with E-state index in [4.69, 9.17) is 5.26 Å². The molecule has 0 unspecified atom stereocenters. The van der Waals surface area contributed by atoms with Crippen LogP contribution in [0.3, 0.4) is 0 Å². The Morgan fingerprint density at radius 2 is 2.21 bits per heavy atom. The van der Waals surface area contributed by atoms with Crippen molar-refractivity contribution in [1.29, 1.82) is 5.26 Å². The molecular weight excluding hydrogens is 244 g/mol. The van der Waals surface area contributed by atoms with Gasteiger partial charge in [0.1, 0.15) is 5.69 Å². The van der Waals surface area contributed by atoms with Crippen molar-refractivity contribution in [2.45, 2.75) is 0 Å². The number of aromatic nitrogens is 1. The number of carbonyl (C=O) groups is 1. The van der Waals surface area contributed by atoms with E-state index >= 15 is 0 Å². The molecule has 0 spiro atoms. The number of nitriles is 1. The third-order valence-corrected chi connectivity index (χ3v) is 2.39. The van der Waals surface area contributed by atoms with Gasteiger partial charge in [-0.15, -0.1) is 4.91 Å². The normalized spacial score (nSPS) is 9.42. The van der Waals surface area contributed by atoms with E-state index in [0.717, 1.165) is 0 Å². The lowest BCUT2D eigenvalue weighted by atomic mass is 10.1. The number of nitrogens with one attached hydrogen (secondary N) is 1. The minimum atomic E-state index is -0.514. The second kappa shape index (κ2) is 5.51. The highest BCUT2D eigenvalue weighted by molar-refractivity contribution is 6.07. The van der Waals surface area contributed by atoms with Crippen molar-refractivity contribution < 1.29 is 4.79 Å². The smallest absolute Gasteiger partial charge is 0.258 e. The number of benzene rings is 1. The molecule has 0 saturated heterocycles. The monoisotopic (exact) mass is 252 g/mol. The van der Waals surface area contributed by atoms with Crippen molar-refractivity contribution in [2.75, 3.05) is 5.32 Å². The average molecular weight is 252 g/mol. The van der Waals surface area contributed by atoms with Gasteiger partial charge in [0.2, 0.25) is 0 Å². The molecule has 1 N–H and O–H groups in total. The van der Waals surface area contributed by atoms with E-state index in [1.54, 1.807) is 18.3 Å². The molecule has 2 aromatic rings. The molecule has 6 nitrogen and oxygen atoms in total. The Morgan fingerprint density at radius 3 is 2.84 bits per heavy atom. The Labute approximate surface area is 108 Å². The number of pyridine rings is 1. The summed E-state index contributed by atoms with van der Waals surface area (Å²) in [5, 5.41) is 14.1. The molecule has 0 aliphatic rings. The summed E-state index contributed by atoms with van der Waals surface area (Å²) in [6.45, 7) is 0. The summed E-state index contributed by atoms with van der Waals surface area (Å²) in [7, 11) is 0. The van der Waals surface area contributed by atoms with Gasteiger partial charge >= 0.3 is 0 Å². The second-order valence-electron chi connectivity index (χ2n) is 3.63. The van der Waals surface area contributed by atoms with E-state index in [1.165, 1.54) is 24.4 Å². The molecular formula is C13H8N4O2. The average Bonchev–Trinajstić information content (AvgIpc) is 2.47. The zero-order valence-corrected chi connectivity index (χ0v) is 9.70. The summed E-state index contributed by atoms with van der Waals surface area (Å²) in [5.74, 6) is -0.514. The summed E-state index contributed by atoms with van der Waals surface area (Å²) in [5.41, 5.74) is 0.814. The molecule has 0 atom stereocenters. The topological polar surface area (TPSA) is 95.2 Å². The van der Waals surface area contributed by atoms with Gasteiger partial charge in [0.05, 0.1) is 29.1 Å². The number of rotatable bonds is 3. The Kier molecular flexibility index (Phi) is 3.59. The summed E-state index contributed by atoms with van der Waals surface area (Å²) in [6, 6.07) is 9.32. The standard InChI is InChI=1S/C13H8N4O2/c14-7-9-3-4-12(17-19)11(6-9)13(18)16-10-2-1-5-15-8-10/h1-6,8H,(H,16,18). The van der Waals surface area contributed by atoms with Crippen LogP contribution in [0.1, 0.15) is 15.9 Å². The molecule has 1 heterocycles. The van der Waals surface area contributed by atoms with Gasteiger partial charge in [-0.1, -0.05) is 0 Å². The first kappa shape index (κ1) is 12.4. The summed E-state index contributed by atoms with van der Waals surface area (Å²) >= 11 is 0. The maximum absolute atomic E-state index is 12.0. The number of nitrogens with zero attached hydrogens (tertiary/aromatic N) is 3. The predicted octanol–water partition coefficient (Wildman–Crippen LogP) is 2.60. The van der Waals surface area contributed by atoms with E-state index in [1.807, 2.05) is 6.07 Å². The molecule has 92 valence electrons. The fourth-order valence-corrected chi connectivity index (χ4v) is 1.50. The fraction of sp³-hybridized carbons (Fsp3) is 0. The molecule has 0 bridgehead atoms. The van der Waals surface area contributed by atoms with Crippen molar-refractivity contribution in [1.82, 2.24) is 4.98 Å². The second-order valence-corrected chi connectivity index (χ2v) is 3.63. The van der Waals surface area contributed by atoms with Gasteiger partial charge in [0.25, 0.3) is 5.91 Å². The number of hydrogen-bond acceptors (Lipinski definition) is 5. The van der Waals surface area contributed by atoms with Crippen LogP contribution in [0, 0.1) is 16.2 Å². The van der Waals surface area contributed by atoms with E-state index in [0.29, 0.717) is 5.69 Å². The Hall–Kier alpha value is -3.07. The van der Waals surface area contributed by atoms with Crippen molar-refractivity contribution >= 4 is 17.3 Å². The summed E-state index contributed by atoms with van der Waals surface area (Å²) < 4.78 is 0. The minimum Gasteiger partial charge on any atom is -0.321 e. The van der Waals surface area contributed by atoms with E-state index < -0.39 is 5.91 Å². The van der Waals surface area contributed by atoms with Crippen molar-refractivity contribution in [3.63, 3.8) is 0 Å². The maximum Gasteiger partial charge on any atom is 0.258 e. The van der Waals surface area contributed by atoms with Gasteiger partial charge in [0, 0.05) is 6.20 Å². The van der Waals surface area contributed by atoms with Crippen molar-refractivity contribution in [3.8, 4) is 6.07 Å². The molecule has 0 radical (unpaired) electrons. The summed E-state index contributed by atoms with van der Waals surface area (Å²) in [4.78, 5) is 26.5. The molecule has 1 aromatic heterocycles. The first-order valence-electron chi connectivity index (χ1n) is 5.33. The number of nitroso groups, excluding NO2 is 1. The zero-order valence-electron chi connectivity index (χ0n) is 9.70. The molecule has 2 rings (SSSR count). The molecule has 0 saturated carbocycles. The fourth-order valence-electron chi connectivity index (χ4n) is 1.50.